The predicted octanol–water partition coefficient (Wildman–Crippen LogP) is 5.62. The molecule has 1 amide bonds. The van der Waals surface area contributed by atoms with Gasteiger partial charge in [0.05, 0.1) is 12.2 Å². The van der Waals surface area contributed by atoms with Crippen LogP contribution >= 0.6 is 0 Å². The number of hydrogen-bond donors (Lipinski definition) is 2. The second-order valence-electron chi connectivity index (χ2n) is 8.59. The van der Waals surface area contributed by atoms with Crippen molar-refractivity contribution in [1.82, 2.24) is 0 Å². The van der Waals surface area contributed by atoms with Crippen molar-refractivity contribution < 1.29 is 27.4 Å². The molecule has 1 aliphatic heterocycles. The molecule has 9 heteroatoms. The number of benzene rings is 4. The molecule has 0 aromatic heterocycles. The molecule has 0 spiro atoms. The smallest absolute Gasteiger partial charge is 0.273 e. The summed E-state index contributed by atoms with van der Waals surface area (Å²) in [5.41, 5.74) is 2.24. The van der Waals surface area contributed by atoms with Gasteiger partial charge in [0.15, 0.2) is 10.7 Å². The molecular formula is C29H23FN2O5S. The zero-order valence-corrected chi connectivity index (χ0v) is 20.9. The van der Waals surface area contributed by atoms with E-state index in [0.29, 0.717) is 23.6 Å². The Balaban J connectivity index is 1.39. The van der Waals surface area contributed by atoms with Gasteiger partial charge in [0.25, 0.3) is 15.9 Å². The maximum Gasteiger partial charge on any atom is 0.273 e. The largest absolute Gasteiger partial charge is 0.506 e. The molecule has 0 bridgehead atoms. The number of amides is 1. The topological polar surface area (TPSA) is 95.9 Å². The van der Waals surface area contributed by atoms with Crippen LogP contribution < -0.4 is 14.4 Å². The summed E-state index contributed by atoms with van der Waals surface area (Å²) in [6.07, 6.45) is 0. The lowest BCUT2D eigenvalue weighted by Gasteiger charge is -2.31. The summed E-state index contributed by atoms with van der Waals surface area (Å²) in [6, 6.07) is 27.8. The van der Waals surface area contributed by atoms with Gasteiger partial charge in [-0.05, 0) is 59.7 Å². The number of fused-ring (bicyclic) bond motifs is 1. The van der Waals surface area contributed by atoms with Gasteiger partial charge < -0.3 is 15.2 Å². The molecule has 0 unspecified atom stereocenters. The molecular weight excluding hydrogens is 507 g/mol. The molecule has 192 valence electrons. The first-order valence-corrected chi connectivity index (χ1v) is 13.1. The zero-order valence-electron chi connectivity index (χ0n) is 20.0. The number of halogens is 1. The molecule has 2 N–H and O–H groups in total. The Morgan fingerprint density at radius 2 is 1.50 bits per heavy atom. The van der Waals surface area contributed by atoms with Crippen LogP contribution in [0.25, 0.3) is 5.76 Å². The van der Waals surface area contributed by atoms with E-state index >= 15 is 0 Å². The first kappa shape index (κ1) is 25.0. The van der Waals surface area contributed by atoms with Gasteiger partial charge in [-0.2, -0.15) is 0 Å². The third-order valence-corrected chi connectivity index (χ3v) is 7.80. The van der Waals surface area contributed by atoms with Crippen LogP contribution in [0, 0.1) is 5.82 Å². The molecule has 1 aliphatic rings. The van der Waals surface area contributed by atoms with Crippen molar-refractivity contribution in [3.8, 4) is 5.75 Å². The molecule has 0 atom stereocenters. The Morgan fingerprint density at radius 3 is 2.21 bits per heavy atom. The van der Waals surface area contributed by atoms with E-state index in [4.69, 9.17) is 4.74 Å². The molecule has 4 aromatic rings. The highest BCUT2D eigenvalue weighted by molar-refractivity contribution is 7.97. The number of aliphatic hydroxyl groups excluding tert-OH is 1. The second-order valence-corrected chi connectivity index (χ2v) is 10.4. The fourth-order valence-electron chi connectivity index (χ4n) is 4.09. The molecule has 0 saturated carbocycles. The number of aliphatic hydroxyl groups is 1. The lowest BCUT2D eigenvalue weighted by Crippen LogP contribution is -2.39. The molecule has 7 nitrogen and oxygen atoms in total. The van der Waals surface area contributed by atoms with Crippen molar-refractivity contribution in [3.63, 3.8) is 0 Å². The molecule has 4 aromatic carbocycles. The van der Waals surface area contributed by atoms with Gasteiger partial charge in [0, 0.05) is 11.3 Å². The molecule has 38 heavy (non-hydrogen) atoms. The minimum Gasteiger partial charge on any atom is -0.506 e. The van der Waals surface area contributed by atoms with Crippen LogP contribution in [0.2, 0.25) is 0 Å². The van der Waals surface area contributed by atoms with Gasteiger partial charge >= 0.3 is 0 Å². The number of nitrogens with zero attached hydrogens (tertiary/aromatic N) is 1. The molecule has 1 heterocycles. The van der Waals surface area contributed by atoms with Gasteiger partial charge in [0.1, 0.15) is 18.2 Å². The number of rotatable bonds is 7. The Kier molecular flexibility index (Phi) is 6.85. The number of carbonyl (C=O) groups excluding carboxylic acids is 1. The Morgan fingerprint density at radius 1 is 0.842 bits per heavy atom. The van der Waals surface area contributed by atoms with Crippen LogP contribution in [0.15, 0.2) is 108 Å². The first-order valence-electron chi connectivity index (χ1n) is 11.7. The van der Waals surface area contributed by atoms with Crippen LogP contribution in [-0.4, -0.2) is 19.4 Å². The number of hydrogen-bond acceptors (Lipinski definition) is 5. The van der Waals surface area contributed by atoms with Gasteiger partial charge in [0.2, 0.25) is 0 Å². The normalized spacial score (nSPS) is 14.1. The second kappa shape index (κ2) is 10.4. The van der Waals surface area contributed by atoms with Crippen molar-refractivity contribution >= 4 is 33.1 Å². The number of para-hydroxylation sites is 1. The minimum absolute atomic E-state index is 0.156. The van der Waals surface area contributed by atoms with Crippen molar-refractivity contribution in [2.75, 3.05) is 9.62 Å². The summed E-state index contributed by atoms with van der Waals surface area (Å²) in [4.78, 5) is 12.5. The fourth-order valence-corrected chi connectivity index (χ4v) is 5.69. The lowest BCUT2D eigenvalue weighted by molar-refractivity contribution is -0.112. The maximum absolute atomic E-state index is 13.6. The Hall–Kier alpha value is -4.63. The van der Waals surface area contributed by atoms with Crippen LogP contribution in [0.3, 0.4) is 0 Å². The van der Waals surface area contributed by atoms with Gasteiger partial charge in [-0.3, -0.25) is 9.10 Å². The van der Waals surface area contributed by atoms with Crippen LogP contribution in [-0.2, 0) is 28.0 Å². The number of anilines is 2. The van der Waals surface area contributed by atoms with E-state index in [9.17, 15) is 22.7 Å². The zero-order chi connectivity index (χ0) is 26.7. The summed E-state index contributed by atoms with van der Waals surface area (Å²) in [6.45, 7) is 0.214. The molecule has 0 saturated heterocycles. The van der Waals surface area contributed by atoms with Gasteiger partial charge in [-0.15, -0.1) is 0 Å². The molecule has 0 fully saturated rings. The van der Waals surface area contributed by atoms with Crippen molar-refractivity contribution in [2.45, 2.75) is 13.2 Å². The van der Waals surface area contributed by atoms with Crippen LogP contribution in [0.5, 0.6) is 5.75 Å². The monoisotopic (exact) mass is 530 g/mol. The quantitative estimate of drug-likeness (QED) is 0.323. The molecule has 0 radical (unpaired) electrons. The average molecular weight is 531 g/mol. The minimum atomic E-state index is -4.47. The number of carbonyl (C=O) groups is 1. The maximum atomic E-state index is 13.6. The van der Waals surface area contributed by atoms with Gasteiger partial charge in [-0.1, -0.05) is 54.6 Å². The highest BCUT2D eigenvalue weighted by Crippen LogP contribution is 2.39. The van der Waals surface area contributed by atoms with E-state index in [0.717, 1.165) is 9.87 Å². The number of nitrogens with one attached hydrogen (secondary N) is 1. The molecule has 0 aliphatic carbocycles. The fraction of sp³-hybridized carbons (Fsp3) is 0.0690. The third kappa shape index (κ3) is 5.09. The van der Waals surface area contributed by atoms with E-state index in [1.54, 1.807) is 36.4 Å². The van der Waals surface area contributed by atoms with E-state index in [-0.39, 0.29) is 17.8 Å². The number of sulfonamides is 1. The summed E-state index contributed by atoms with van der Waals surface area (Å²) in [5, 5.41) is 13.4. The van der Waals surface area contributed by atoms with Gasteiger partial charge in [-0.25, -0.2) is 12.8 Å². The van der Waals surface area contributed by atoms with Crippen molar-refractivity contribution in [1.29, 1.82) is 0 Å². The number of ether oxygens (including phenoxy) is 1. The summed E-state index contributed by atoms with van der Waals surface area (Å²) in [5.74, 6) is -1.52. The summed E-state index contributed by atoms with van der Waals surface area (Å²) >= 11 is 0. The molecule has 5 rings (SSSR count). The highest BCUT2D eigenvalue weighted by atomic mass is 32.2. The van der Waals surface area contributed by atoms with E-state index in [1.165, 1.54) is 36.4 Å². The van der Waals surface area contributed by atoms with Crippen LogP contribution in [0.4, 0.5) is 15.8 Å². The average Bonchev–Trinajstić information content (AvgIpc) is 2.92. The van der Waals surface area contributed by atoms with Crippen molar-refractivity contribution in [3.05, 3.63) is 131 Å². The Bertz CT molecular complexity index is 1600. The Labute approximate surface area is 219 Å². The lowest BCUT2D eigenvalue weighted by atomic mass is 10.1. The predicted molar refractivity (Wildman–Crippen MR) is 143 cm³/mol. The van der Waals surface area contributed by atoms with E-state index in [1.807, 2.05) is 30.3 Å². The van der Waals surface area contributed by atoms with Crippen LogP contribution in [0.1, 0.15) is 16.7 Å². The third-order valence-electron chi connectivity index (χ3n) is 6.00. The van der Waals surface area contributed by atoms with E-state index < -0.39 is 32.4 Å². The first-order chi connectivity index (χ1) is 18.3. The highest BCUT2D eigenvalue weighted by Gasteiger charge is 2.41. The summed E-state index contributed by atoms with van der Waals surface area (Å²) in [7, 11) is -4.47. The van der Waals surface area contributed by atoms with Crippen molar-refractivity contribution in [2.24, 2.45) is 0 Å². The standard InChI is InChI=1S/C29H23FN2O5S/c30-22-12-10-20(11-13-22)18-32-26-9-5-4-8-25(26)27(33)28(38(32,35)36)29(34)31-23-14-16-24(17-15-23)37-19-21-6-2-1-3-7-21/h1-17,33H,18-19H2,(H,31,34). The summed E-state index contributed by atoms with van der Waals surface area (Å²) < 4.78 is 47.4. The van der Waals surface area contributed by atoms with E-state index in [2.05, 4.69) is 5.32 Å². The SMILES string of the molecule is O=C(Nc1ccc(OCc2ccccc2)cc1)C1=C(O)c2ccccc2N(Cc2ccc(F)cc2)S1(=O)=O.